The standard InChI is InChI=1S/C22H14N4O5S/c23-13-15-4-1-2-7-18(15)26(32(29)30)19-12-16(10-11-24-19)25-22(28)17-6-3-5-14-8-9-20(27)31-21(14)17/h1-12H,(H,29,30)(H,24,25,28). The molecule has 32 heavy (non-hydrogen) atoms. The van der Waals surface area contributed by atoms with Crippen LogP contribution in [0.2, 0.25) is 0 Å². The van der Waals surface area contributed by atoms with Crippen LogP contribution in [0, 0.1) is 11.3 Å². The minimum absolute atomic E-state index is 0.0378. The van der Waals surface area contributed by atoms with Crippen molar-refractivity contribution < 1.29 is 18.0 Å². The van der Waals surface area contributed by atoms with Crippen molar-refractivity contribution in [3.8, 4) is 6.07 Å². The van der Waals surface area contributed by atoms with Gasteiger partial charge in [0.05, 0.1) is 16.8 Å². The largest absolute Gasteiger partial charge is 0.422 e. The highest BCUT2D eigenvalue weighted by molar-refractivity contribution is 7.81. The van der Waals surface area contributed by atoms with E-state index < -0.39 is 22.8 Å². The highest BCUT2D eigenvalue weighted by atomic mass is 32.2. The number of carbonyl (C=O) groups is 1. The second-order valence-corrected chi connectivity index (χ2v) is 7.32. The van der Waals surface area contributed by atoms with Crippen LogP contribution in [0.15, 0.2) is 82.1 Å². The molecule has 2 aromatic carbocycles. The lowest BCUT2D eigenvalue weighted by atomic mass is 10.1. The predicted octanol–water partition coefficient (Wildman–Crippen LogP) is 3.59. The average Bonchev–Trinajstić information content (AvgIpc) is 2.79. The van der Waals surface area contributed by atoms with Gasteiger partial charge in [0, 0.05) is 29.4 Å². The van der Waals surface area contributed by atoms with E-state index in [1.165, 1.54) is 42.6 Å². The van der Waals surface area contributed by atoms with Gasteiger partial charge in [-0.25, -0.2) is 18.3 Å². The first-order valence-electron chi connectivity index (χ1n) is 9.18. The topological polar surface area (TPSA) is 137 Å². The lowest BCUT2D eigenvalue weighted by Crippen LogP contribution is -2.22. The third-order valence-corrected chi connectivity index (χ3v) is 5.20. The molecule has 1 amide bonds. The Morgan fingerprint density at radius 2 is 1.94 bits per heavy atom. The molecular weight excluding hydrogens is 432 g/mol. The van der Waals surface area contributed by atoms with Crippen LogP contribution < -0.4 is 15.2 Å². The number of nitrogens with one attached hydrogen (secondary N) is 1. The number of rotatable bonds is 5. The summed E-state index contributed by atoms with van der Waals surface area (Å²) >= 11 is -2.54. The van der Waals surface area contributed by atoms with Crippen molar-refractivity contribution in [1.29, 1.82) is 5.26 Å². The Hall–Kier alpha value is -4.33. The van der Waals surface area contributed by atoms with Crippen LogP contribution in [0.1, 0.15) is 15.9 Å². The van der Waals surface area contributed by atoms with Crippen molar-refractivity contribution in [3.05, 3.63) is 94.5 Å². The molecule has 0 saturated carbocycles. The zero-order valence-corrected chi connectivity index (χ0v) is 17.1. The van der Waals surface area contributed by atoms with Crippen LogP contribution in [0.5, 0.6) is 0 Å². The first-order valence-corrected chi connectivity index (χ1v) is 10.2. The van der Waals surface area contributed by atoms with Crippen molar-refractivity contribution in [2.24, 2.45) is 0 Å². The highest BCUT2D eigenvalue weighted by Crippen LogP contribution is 2.30. The second kappa shape index (κ2) is 8.81. The van der Waals surface area contributed by atoms with Gasteiger partial charge in [0.15, 0.2) is 5.58 Å². The number of nitrogens with zero attached hydrogens (tertiary/aromatic N) is 3. The molecule has 0 aliphatic carbocycles. The molecule has 0 aliphatic heterocycles. The van der Waals surface area contributed by atoms with Crippen LogP contribution >= 0.6 is 0 Å². The first-order chi connectivity index (χ1) is 15.5. The summed E-state index contributed by atoms with van der Waals surface area (Å²) in [5.74, 6) is -0.507. The summed E-state index contributed by atoms with van der Waals surface area (Å²) in [6.07, 6.45) is 1.35. The zero-order valence-electron chi connectivity index (χ0n) is 16.3. The molecule has 1 unspecified atom stereocenters. The fraction of sp³-hybridized carbons (Fsp3) is 0. The normalized spacial score (nSPS) is 11.5. The molecule has 2 aromatic heterocycles. The smallest absolute Gasteiger partial charge is 0.336 e. The molecule has 0 aliphatic rings. The third kappa shape index (κ3) is 4.11. The van der Waals surface area contributed by atoms with Gasteiger partial charge in [0.25, 0.3) is 17.2 Å². The molecule has 10 heteroatoms. The number of aromatic nitrogens is 1. The molecule has 0 radical (unpaired) electrons. The van der Waals surface area contributed by atoms with Crippen LogP contribution in [0.3, 0.4) is 0 Å². The van der Waals surface area contributed by atoms with Crippen molar-refractivity contribution >= 4 is 45.3 Å². The maximum atomic E-state index is 12.9. The predicted molar refractivity (Wildman–Crippen MR) is 119 cm³/mol. The van der Waals surface area contributed by atoms with E-state index in [0.29, 0.717) is 5.39 Å². The molecule has 0 bridgehead atoms. The molecule has 158 valence electrons. The lowest BCUT2D eigenvalue weighted by molar-refractivity contribution is 0.102. The summed E-state index contributed by atoms with van der Waals surface area (Å²) in [6.45, 7) is 0. The van der Waals surface area contributed by atoms with Gasteiger partial charge in [-0.2, -0.15) is 5.26 Å². The average molecular weight is 446 g/mol. The van der Waals surface area contributed by atoms with Crippen LogP contribution in [-0.2, 0) is 11.3 Å². The fourth-order valence-corrected chi connectivity index (χ4v) is 3.70. The van der Waals surface area contributed by atoms with Crippen molar-refractivity contribution in [2.45, 2.75) is 0 Å². The van der Waals surface area contributed by atoms with Crippen molar-refractivity contribution in [3.63, 3.8) is 0 Å². The number of anilines is 3. The first kappa shape index (κ1) is 20.9. The SMILES string of the molecule is N#Cc1ccccc1N(c1cc(NC(=O)c2cccc3ccc(=O)oc23)ccn1)S(=O)O. The van der Waals surface area contributed by atoms with E-state index in [9.17, 15) is 23.6 Å². The van der Waals surface area contributed by atoms with E-state index in [2.05, 4.69) is 10.3 Å². The molecule has 2 heterocycles. The number of para-hydroxylation sites is 2. The highest BCUT2D eigenvalue weighted by Gasteiger charge is 2.21. The van der Waals surface area contributed by atoms with Crippen LogP contribution in [0.4, 0.5) is 17.2 Å². The van der Waals surface area contributed by atoms with Crippen LogP contribution in [0.25, 0.3) is 11.0 Å². The maximum Gasteiger partial charge on any atom is 0.336 e. The number of nitriles is 1. The Morgan fingerprint density at radius 1 is 1.12 bits per heavy atom. The molecule has 4 rings (SSSR count). The van der Waals surface area contributed by atoms with Gasteiger partial charge < -0.3 is 9.73 Å². The number of benzene rings is 2. The quantitative estimate of drug-likeness (QED) is 0.353. The number of pyridine rings is 1. The lowest BCUT2D eigenvalue weighted by Gasteiger charge is -2.20. The number of amides is 1. The van der Waals surface area contributed by atoms with Gasteiger partial charge in [-0.05, 0) is 30.3 Å². The fourth-order valence-electron chi connectivity index (χ4n) is 3.11. The Morgan fingerprint density at radius 3 is 2.72 bits per heavy atom. The van der Waals surface area contributed by atoms with E-state index in [1.807, 2.05) is 6.07 Å². The van der Waals surface area contributed by atoms with E-state index >= 15 is 0 Å². The summed E-state index contributed by atoms with van der Waals surface area (Å²) in [5.41, 5.74) is 0.352. The minimum atomic E-state index is -2.54. The Labute approximate surface area is 184 Å². The van der Waals surface area contributed by atoms with E-state index in [1.54, 1.807) is 30.3 Å². The Kier molecular flexibility index (Phi) is 5.76. The van der Waals surface area contributed by atoms with Gasteiger partial charge in [-0.15, -0.1) is 0 Å². The van der Waals surface area contributed by atoms with Gasteiger partial charge in [0.1, 0.15) is 11.9 Å². The molecule has 2 N–H and O–H groups in total. The number of carbonyl (C=O) groups excluding carboxylic acids is 1. The zero-order chi connectivity index (χ0) is 22.7. The number of hydrogen-bond donors (Lipinski definition) is 2. The van der Waals surface area contributed by atoms with Crippen molar-refractivity contribution in [1.82, 2.24) is 4.98 Å². The molecular formula is C22H14N4O5S. The summed E-state index contributed by atoms with van der Waals surface area (Å²) < 4.78 is 28.1. The van der Waals surface area contributed by atoms with E-state index in [0.717, 1.165) is 4.31 Å². The van der Waals surface area contributed by atoms with Gasteiger partial charge in [0.2, 0.25) is 0 Å². The number of hydrogen-bond acceptors (Lipinski definition) is 6. The minimum Gasteiger partial charge on any atom is -0.422 e. The molecule has 1 atom stereocenters. The number of fused-ring (bicyclic) bond motifs is 1. The van der Waals surface area contributed by atoms with E-state index in [-0.39, 0.29) is 33.9 Å². The Balaban J connectivity index is 1.70. The second-order valence-electron chi connectivity index (χ2n) is 6.49. The van der Waals surface area contributed by atoms with Gasteiger partial charge >= 0.3 is 5.63 Å². The maximum absolute atomic E-state index is 12.9. The molecule has 0 spiro atoms. The van der Waals surface area contributed by atoms with Crippen molar-refractivity contribution in [2.75, 3.05) is 9.62 Å². The molecule has 9 nitrogen and oxygen atoms in total. The van der Waals surface area contributed by atoms with Crippen LogP contribution in [-0.4, -0.2) is 19.7 Å². The third-order valence-electron chi connectivity index (χ3n) is 4.50. The molecule has 0 saturated heterocycles. The van der Waals surface area contributed by atoms with Gasteiger partial charge in [-0.1, -0.05) is 24.3 Å². The van der Waals surface area contributed by atoms with Gasteiger partial charge in [-0.3, -0.25) is 9.35 Å². The summed E-state index contributed by atoms with van der Waals surface area (Å²) in [7, 11) is 0. The molecule has 0 fully saturated rings. The monoisotopic (exact) mass is 446 g/mol. The molecule has 4 aromatic rings. The van der Waals surface area contributed by atoms with E-state index in [4.69, 9.17) is 4.42 Å². The Bertz CT molecular complexity index is 1460. The summed E-state index contributed by atoms with van der Waals surface area (Å²) in [4.78, 5) is 28.6. The summed E-state index contributed by atoms with van der Waals surface area (Å²) in [6, 6.07) is 18.8. The summed E-state index contributed by atoms with van der Waals surface area (Å²) in [5, 5.41) is 12.6.